The summed E-state index contributed by atoms with van der Waals surface area (Å²) >= 11 is 0. The van der Waals surface area contributed by atoms with E-state index in [4.69, 9.17) is 0 Å². The summed E-state index contributed by atoms with van der Waals surface area (Å²) < 4.78 is 0. The van der Waals surface area contributed by atoms with Gasteiger partial charge in [-0.1, -0.05) is 20.3 Å². The van der Waals surface area contributed by atoms with Crippen LogP contribution in [0.2, 0.25) is 0 Å². The first-order chi connectivity index (χ1) is 11.4. The minimum absolute atomic E-state index is 0.0175. The largest absolute Gasteiger partial charge is 0.352 e. The Morgan fingerprint density at radius 3 is 2.00 bits per heavy atom. The molecule has 1 amide bonds. The van der Waals surface area contributed by atoms with Crippen LogP contribution in [-0.2, 0) is 14.4 Å². The van der Waals surface area contributed by atoms with Gasteiger partial charge in [0.15, 0.2) is 0 Å². The van der Waals surface area contributed by atoms with Crippen molar-refractivity contribution < 1.29 is 14.4 Å². The minimum atomic E-state index is -0.262. The molecule has 6 nitrogen and oxygen atoms in total. The first-order valence-electron chi connectivity index (χ1n) is 9.01. The highest BCUT2D eigenvalue weighted by molar-refractivity contribution is 5.83. The average Bonchev–Trinajstić information content (AvgIpc) is 2.54. The van der Waals surface area contributed by atoms with Crippen molar-refractivity contribution in [1.29, 1.82) is 0 Å². The van der Waals surface area contributed by atoms with Crippen molar-refractivity contribution in [3.63, 3.8) is 0 Å². The van der Waals surface area contributed by atoms with Crippen molar-refractivity contribution in [2.45, 2.75) is 78.3 Å². The number of hydrogen-bond donors (Lipinski definition) is 3. The normalized spacial score (nSPS) is 12.6. The number of carbonyl (C=O) groups excluding carboxylic acids is 3. The number of amides is 1. The fourth-order valence-electron chi connectivity index (χ4n) is 2.31. The topological polar surface area (TPSA) is 87.3 Å². The smallest absolute Gasteiger partial charge is 0.237 e. The summed E-state index contributed by atoms with van der Waals surface area (Å²) in [5, 5.41) is 9.00. The number of nitrogens with one attached hydrogen (secondary N) is 3. The van der Waals surface area contributed by atoms with E-state index < -0.39 is 0 Å². The summed E-state index contributed by atoms with van der Waals surface area (Å²) in [6, 6.07) is -0.522. The Labute approximate surface area is 147 Å². The van der Waals surface area contributed by atoms with Crippen LogP contribution in [0.4, 0.5) is 0 Å². The monoisotopic (exact) mass is 343 g/mol. The molecule has 0 aromatic heterocycles. The lowest BCUT2D eigenvalue weighted by atomic mass is 10.0. The Hall–Kier alpha value is -1.27. The number of ketones is 2. The van der Waals surface area contributed by atoms with E-state index in [1.54, 1.807) is 7.05 Å². The summed E-state index contributed by atoms with van der Waals surface area (Å²) in [4.78, 5) is 34.7. The number of likely N-dealkylation sites (N-methyl/N-ethyl adjacent to an activating group) is 1. The maximum absolute atomic E-state index is 12.3. The highest BCUT2D eigenvalue weighted by Crippen LogP contribution is 2.06. The van der Waals surface area contributed by atoms with Crippen LogP contribution in [0.15, 0.2) is 0 Å². The molecule has 0 spiro atoms. The molecule has 0 aliphatic rings. The molecule has 2 unspecified atom stereocenters. The molecule has 0 rings (SSSR count). The van der Waals surface area contributed by atoms with E-state index in [2.05, 4.69) is 16.0 Å². The minimum Gasteiger partial charge on any atom is -0.352 e. The van der Waals surface area contributed by atoms with Gasteiger partial charge in [-0.15, -0.1) is 0 Å². The van der Waals surface area contributed by atoms with Crippen LogP contribution >= 0.6 is 0 Å². The van der Waals surface area contributed by atoms with Crippen LogP contribution in [0.25, 0.3) is 0 Å². The molecule has 24 heavy (non-hydrogen) atoms. The number of carbonyl (C=O) groups is 3. The molecular weight excluding hydrogens is 306 g/mol. The molecule has 0 heterocycles. The molecule has 0 aliphatic heterocycles. The molecule has 0 bridgehead atoms. The van der Waals surface area contributed by atoms with Crippen LogP contribution < -0.4 is 16.0 Å². The molecule has 0 aromatic carbocycles. The van der Waals surface area contributed by atoms with Crippen molar-refractivity contribution in [2.24, 2.45) is 0 Å². The lowest BCUT2D eigenvalue weighted by Crippen LogP contribution is -2.47. The standard InChI is InChI=1S/C16H31N3O3.C2H6/c1-12(20)8-9-14(11-13(2)21)19-16(22)15(18-4)7-5-6-10-17-3;1-2/h14-15,17-18H,5-11H2,1-4H3,(H,19,22);1-2H3. The van der Waals surface area contributed by atoms with Gasteiger partial charge in [0.1, 0.15) is 11.6 Å². The summed E-state index contributed by atoms with van der Waals surface area (Å²) in [5.41, 5.74) is 0. The van der Waals surface area contributed by atoms with E-state index in [1.807, 2.05) is 20.9 Å². The third-order valence-electron chi connectivity index (χ3n) is 3.56. The quantitative estimate of drug-likeness (QED) is 0.444. The highest BCUT2D eigenvalue weighted by Gasteiger charge is 2.20. The lowest BCUT2D eigenvalue weighted by molar-refractivity contribution is -0.125. The second-order valence-corrected chi connectivity index (χ2v) is 5.79. The van der Waals surface area contributed by atoms with Crippen LogP contribution in [0.5, 0.6) is 0 Å². The van der Waals surface area contributed by atoms with Crippen LogP contribution in [0.1, 0.15) is 66.2 Å². The fraction of sp³-hybridized carbons (Fsp3) is 0.833. The van der Waals surface area contributed by atoms with Crippen LogP contribution in [0, 0.1) is 0 Å². The molecule has 0 fully saturated rings. The SMILES string of the molecule is CC.CNCCCCC(NC)C(=O)NC(CCC(C)=O)CC(C)=O. The summed E-state index contributed by atoms with van der Waals surface area (Å²) in [5.74, 6) is -0.00864. The molecule has 0 aromatic rings. The van der Waals surface area contributed by atoms with Crippen molar-refractivity contribution >= 4 is 17.5 Å². The molecule has 0 saturated heterocycles. The molecule has 2 atom stereocenters. The maximum atomic E-state index is 12.3. The van der Waals surface area contributed by atoms with E-state index in [0.717, 1.165) is 25.8 Å². The van der Waals surface area contributed by atoms with E-state index in [0.29, 0.717) is 12.8 Å². The predicted octanol–water partition coefficient (Wildman–Crippen LogP) is 1.82. The molecule has 6 heteroatoms. The van der Waals surface area contributed by atoms with Gasteiger partial charge in [-0.05, 0) is 53.8 Å². The van der Waals surface area contributed by atoms with Crippen molar-refractivity contribution in [1.82, 2.24) is 16.0 Å². The highest BCUT2D eigenvalue weighted by atomic mass is 16.2. The van der Waals surface area contributed by atoms with Gasteiger partial charge in [0, 0.05) is 18.9 Å². The lowest BCUT2D eigenvalue weighted by Gasteiger charge is -2.22. The van der Waals surface area contributed by atoms with Crippen molar-refractivity contribution in [3.8, 4) is 0 Å². The van der Waals surface area contributed by atoms with Gasteiger partial charge in [0.2, 0.25) is 5.91 Å². The Balaban J connectivity index is 0. The van der Waals surface area contributed by atoms with Gasteiger partial charge < -0.3 is 20.7 Å². The molecular formula is C18H37N3O3. The van der Waals surface area contributed by atoms with E-state index in [9.17, 15) is 14.4 Å². The summed E-state index contributed by atoms with van der Waals surface area (Å²) in [6.07, 6.45) is 3.88. The van der Waals surface area contributed by atoms with Gasteiger partial charge in [-0.3, -0.25) is 9.59 Å². The van der Waals surface area contributed by atoms with E-state index in [1.165, 1.54) is 13.8 Å². The van der Waals surface area contributed by atoms with Gasteiger partial charge in [0.25, 0.3) is 0 Å². The number of hydrogen-bond acceptors (Lipinski definition) is 5. The predicted molar refractivity (Wildman–Crippen MR) is 99.1 cm³/mol. The molecule has 0 saturated carbocycles. The van der Waals surface area contributed by atoms with E-state index >= 15 is 0 Å². The van der Waals surface area contributed by atoms with Gasteiger partial charge in [-0.2, -0.15) is 0 Å². The number of Topliss-reactive ketones (excluding diaryl/α,β-unsaturated/α-hetero) is 2. The molecule has 142 valence electrons. The second-order valence-electron chi connectivity index (χ2n) is 5.79. The van der Waals surface area contributed by atoms with Gasteiger partial charge in [-0.25, -0.2) is 0 Å². The first-order valence-corrected chi connectivity index (χ1v) is 9.01. The van der Waals surface area contributed by atoms with Gasteiger partial charge >= 0.3 is 0 Å². The van der Waals surface area contributed by atoms with Crippen LogP contribution in [0.3, 0.4) is 0 Å². The second kappa shape index (κ2) is 16.6. The molecule has 0 radical (unpaired) electrons. The number of unbranched alkanes of at least 4 members (excludes halogenated alkanes) is 1. The Bertz CT molecular complexity index is 359. The van der Waals surface area contributed by atoms with Crippen LogP contribution in [-0.4, -0.2) is 50.2 Å². The molecule has 3 N–H and O–H groups in total. The Kier molecular flexibility index (Phi) is 17.3. The van der Waals surface area contributed by atoms with Crippen molar-refractivity contribution in [3.05, 3.63) is 0 Å². The van der Waals surface area contributed by atoms with E-state index in [-0.39, 0.29) is 36.0 Å². The Morgan fingerprint density at radius 1 is 0.917 bits per heavy atom. The van der Waals surface area contributed by atoms with Crippen molar-refractivity contribution in [2.75, 3.05) is 20.6 Å². The molecule has 0 aliphatic carbocycles. The maximum Gasteiger partial charge on any atom is 0.237 e. The zero-order chi connectivity index (χ0) is 19.0. The zero-order valence-corrected chi connectivity index (χ0v) is 16.3. The third-order valence-corrected chi connectivity index (χ3v) is 3.56. The summed E-state index contributed by atoms with van der Waals surface area (Å²) in [7, 11) is 3.67. The zero-order valence-electron chi connectivity index (χ0n) is 16.3. The Morgan fingerprint density at radius 2 is 1.54 bits per heavy atom. The fourth-order valence-corrected chi connectivity index (χ4v) is 2.31. The third kappa shape index (κ3) is 14.3. The summed E-state index contributed by atoms with van der Waals surface area (Å²) in [6.45, 7) is 7.95. The first kappa shape index (κ1) is 25.0. The average molecular weight is 344 g/mol. The number of rotatable bonds is 13. The van der Waals surface area contributed by atoms with Gasteiger partial charge in [0.05, 0.1) is 6.04 Å².